The zero-order valence-corrected chi connectivity index (χ0v) is 7.79. The van der Waals surface area contributed by atoms with E-state index < -0.39 is 4.92 Å². The first-order valence-corrected chi connectivity index (χ1v) is 3.82. The number of hydrogen-bond donors (Lipinski definition) is 1. The zero-order chi connectivity index (χ0) is 10.2. The summed E-state index contributed by atoms with van der Waals surface area (Å²) in [6.07, 6.45) is 0. The molecule has 0 saturated heterocycles. The summed E-state index contributed by atoms with van der Waals surface area (Å²) >= 11 is 0. The van der Waals surface area contributed by atoms with Crippen molar-refractivity contribution in [2.45, 2.75) is 20.8 Å². The van der Waals surface area contributed by atoms with Gasteiger partial charge in [0.05, 0.1) is 4.92 Å². The predicted molar refractivity (Wildman–Crippen MR) is 49.5 cm³/mol. The molecule has 0 radical (unpaired) electrons. The Balaban J connectivity index is 3.53. The molecule has 1 rings (SSSR count). The van der Waals surface area contributed by atoms with Crippen LogP contribution in [0.5, 0.6) is 0 Å². The van der Waals surface area contributed by atoms with Crippen molar-refractivity contribution in [3.05, 3.63) is 27.1 Å². The third-order valence-electron chi connectivity index (χ3n) is 2.06. The van der Waals surface area contributed by atoms with Crippen LogP contribution in [0.4, 0.5) is 11.4 Å². The number of nitrogens with two attached hydrogens (primary N) is 1. The third-order valence-corrected chi connectivity index (χ3v) is 2.06. The van der Waals surface area contributed by atoms with Gasteiger partial charge in [-0.3, -0.25) is 15.1 Å². The van der Waals surface area contributed by atoms with Gasteiger partial charge in [0.1, 0.15) is 11.4 Å². The SMILES string of the molecule is Cc1nc(C)c([N+](=O)[O-])c(N)c1C. The molecule has 13 heavy (non-hydrogen) atoms. The molecule has 5 nitrogen and oxygen atoms in total. The first-order chi connectivity index (χ1) is 5.95. The molecule has 0 aliphatic rings. The van der Waals surface area contributed by atoms with Gasteiger partial charge in [-0.05, 0) is 20.8 Å². The highest BCUT2D eigenvalue weighted by atomic mass is 16.6. The number of aryl methyl sites for hydroxylation is 2. The minimum atomic E-state index is -0.496. The van der Waals surface area contributed by atoms with Crippen molar-refractivity contribution in [1.82, 2.24) is 4.98 Å². The number of nitrogen functional groups attached to an aromatic ring is 1. The van der Waals surface area contributed by atoms with Crippen LogP contribution >= 0.6 is 0 Å². The minimum absolute atomic E-state index is 0.0805. The summed E-state index contributed by atoms with van der Waals surface area (Å²) in [4.78, 5) is 14.1. The number of aromatic nitrogens is 1. The summed E-state index contributed by atoms with van der Waals surface area (Å²) in [6.45, 7) is 5.09. The van der Waals surface area contributed by atoms with Gasteiger partial charge in [0.15, 0.2) is 0 Å². The Kier molecular flexibility index (Phi) is 2.18. The van der Waals surface area contributed by atoms with Crippen LogP contribution in [0.2, 0.25) is 0 Å². The lowest BCUT2D eigenvalue weighted by molar-refractivity contribution is -0.384. The van der Waals surface area contributed by atoms with Crippen molar-refractivity contribution in [2.75, 3.05) is 5.73 Å². The van der Waals surface area contributed by atoms with Crippen molar-refractivity contribution in [1.29, 1.82) is 0 Å². The average Bonchev–Trinajstić information content (AvgIpc) is 1.99. The molecule has 0 atom stereocenters. The number of nitrogens with zero attached hydrogens (tertiary/aromatic N) is 2. The fraction of sp³-hybridized carbons (Fsp3) is 0.375. The van der Waals surface area contributed by atoms with Crippen molar-refractivity contribution >= 4 is 11.4 Å². The van der Waals surface area contributed by atoms with E-state index in [1.807, 2.05) is 0 Å². The highest BCUT2D eigenvalue weighted by molar-refractivity contribution is 5.65. The molecule has 0 bridgehead atoms. The number of rotatable bonds is 1. The Morgan fingerprint density at radius 3 is 2.31 bits per heavy atom. The Bertz CT molecular complexity index is 374. The van der Waals surface area contributed by atoms with Gasteiger partial charge in [-0.25, -0.2) is 0 Å². The van der Waals surface area contributed by atoms with Crippen LogP contribution < -0.4 is 5.73 Å². The summed E-state index contributed by atoms with van der Waals surface area (Å²) < 4.78 is 0. The minimum Gasteiger partial charge on any atom is -0.393 e. The van der Waals surface area contributed by atoms with E-state index >= 15 is 0 Å². The largest absolute Gasteiger partial charge is 0.393 e. The Morgan fingerprint density at radius 1 is 1.31 bits per heavy atom. The fourth-order valence-corrected chi connectivity index (χ4v) is 1.19. The van der Waals surface area contributed by atoms with E-state index in [0.29, 0.717) is 11.3 Å². The Morgan fingerprint density at radius 2 is 1.85 bits per heavy atom. The van der Waals surface area contributed by atoms with Crippen LogP contribution in [0.1, 0.15) is 17.0 Å². The normalized spacial score (nSPS) is 10.1. The quantitative estimate of drug-likeness (QED) is 0.525. The van der Waals surface area contributed by atoms with Gasteiger partial charge < -0.3 is 5.73 Å². The number of anilines is 1. The average molecular weight is 181 g/mol. The lowest BCUT2D eigenvalue weighted by Crippen LogP contribution is -2.04. The van der Waals surface area contributed by atoms with Crippen LogP contribution in [0.15, 0.2) is 0 Å². The van der Waals surface area contributed by atoms with Gasteiger partial charge in [0.2, 0.25) is 0 Å². The molecular weight excluding hydrogens is 170 g/mol. The van der Waals surface area contributed by atoms with Crippen molar-refractivity contribution in [3.8, 4) is 0 Å². The molecule has 0 amide bonds. The van der Waals surface area contributed by atoms with Crippen LogP contribution in [0, 0.1) is 30.9 Å². The summed E-state index contributed by atoms with van der Waals surface area (Å²) in [7, 11) is 0. The van der Waals surface area contributed by atoms with Crippen molar-refractivity contribution in [2.24, 2.45) is 0 Å². The molecule has 0 aromatic carbocycles. The molecule has 5 heteroatoms. The molecule has 0 aliphatic carbocycles. The predicted octanol–water partition coefficient (Wildman–Crippen LogP) is 1.50. The van der Waals surface area contributed by atoms with Crippen LogP contribution in [0.3, 0.4) is 0 Å². The van der Waals surface area contributed by atoms with Gasteiger partial charge >= 0.3 is 5.69 Å². The zero-order valence-electron chi connectivity index (χ0n) is 7.79. The van der Waals surface area contributed by atoms with Gasteiger partial charge in [-0.1, -0.05) is 0 Å². The maximum Gasteiger partial charge on any atom is 0.313 e. The van der Waals surface area contributed by atoms with Gasteiger partial charge in [-0.2, -0.15) is 0 Å². The fourth-order valence-electron chi connectivity index (χ4n) is 1.19. The van der Waals surface area contributed by atoms with E-state index in [2.05, 4.69) is 4.98 Å². The van der Waals surface area contributed by atoms with E-state index in [9.17, 15) is 10.1 Å². The van der Waals surface area contributed by atoms with Crippen LogP contribution in [-0.4, -0.2) is 9.91 Å². The van der Waals surface area contributed by atoms with Crippen LogP contribution in [0.25, 0.3) is 0 Å². The Hall–Kier alpha value is -1.65. The van der Waals surface area contributed by atoms with E-state index in [1.165, 1.54) is 0 Å². The van der Waals surface area contributed by atoms with E-state index in [4.69, 9.17) is 5.73 Å². The topological polar surface area (TPSA) is 82.0 Å². The van der Waals surface area contributed by atoms with Gasteiger partial charge in [0.25, 0.3) is 0 Å². The lowest BCUT2D eigenvalue weighted by Gasteiger charge is -2.06. The van der Waals surface area contributed by atoms with Gasteiger partial charge in [-0.15, -0.1) is 0 Å². The molecule has 1 aromatic rings. The van der Waals surface area contributed by atoms with E-state index in [1.54, 1.807) is 20.8 Å². The first kappa shape index (κ1) is 9.44. The molecule has 0 aliphatic heterocycles. The van der Waals surface area contributed by atoms with Gasteiger partial charge in [0, 0.05) is 11.3 Å². The molecule has 1 heterocycles. The summed E-state index contributed by atoms with van der Waals surface area (Å²) in [5.74, 6) is 0. The maximum atomic E-state index is 10.6. The van der Waals surface area contributed by atoms with Crippen molar-refractivity contribution in [3.63, 3.8) is 0 Å². The monoisotopic (exact) mass is 181 g/mol. The highest BCUT2D eigenvalue weighted by Crippen LogP contribution is 2.28. The lowest BCUT2D eigenvalue weighted by atomic mass is 10.1. The summed E-state index contributed by atoms with van der Waals surface area (Å²) in [6, 6.07) is 0. The molecule has 0 unspecified atom stereocenters. The Labute approximate surface area is 75.7 Å². The second-order valence-corrected chi connectivity index (χ2v) is 2.93. The number of hydrogen-bond acceptors (Lipinski definition) is 4. The summed E-state index contributed by atoms with van der Waals surface area (Å²) in [5.41, 5.74) is 7.52. The number of nitro groups is 1. The van der Waals surface area contributed by atoms with E-state index in [-0.39, 0.29) is 11.4 Å². The molecule has 2 N–H and O–H groups in total. The van der Waals surface area contributed by atoms with Crippen molar-refractivity contribution < 1.29 is 4.92 Å². The second-order valence-electron chi connectivity index (χ2n) is 2.93. The number of pyridine rings is 1. The molecule has 0 spiro atoms. The molecule has 70 valence electrons. The standard InChI is InChI=1S/C8H11N3O2/c1-4-5(2)10-6(3)8(7(4)9)11(12)13/h1-3H3,(H2,9,10). The molecule has 0 fully saturated rings. The molecular formula is C8H11N3O2. The first-order valence-electron chi connectivity index (χ1n) is 3.82. The van der Waals surface area contributed by atoms with E-state index in [0.717, 1.165) is 5.69 Å². The molecule has 0 saturated carbocycles. The van der Waals surface area contributed by atoms with Crippen LogP contribution in [-0.2, 0) is 0 Å². The third kappa shape index (κ3) is 1.44. The highest BCUT2D eigenvalue weighted by Gasteiger charge is 2.19. The summed E-state index contributed by atoms with van der Waals surface area (Å²) in [5, 5.41) is 10.6. The molecule has 1 aromatic heterocycles. The second kappa shape index (κ2) is 3.01. The smallest absolute Gasteiger partial charge is 0.313 e. The maximum absolute atomic E-state index is 10.6.